The van der Waals surface area contributed by atoms with Gasteiger partial charge in [0, 0.05) is 11.8 Å². The van der Waals surface area contributed by atoms with Crippen molar-refractivity contribution in [2.75, 3.05) is 13.2 Å². The van der Waals surface area contributed by atoms with Crippen molar-refractivity contribution in [2.45, 2.75) is 89.9 Å². The zero-order valence-electron chi connectivity index (χ0n) is 16.4. The summed E-state index contributed by atoms with van der Waals surface area (Å²) in [6.07, 6.45) is 10.9. The molecule has 0 bridgehead atoms. The number of fused-ring (bicyclic) bond motifs is 6. The molecule has 1 saturated heterocycles. The van der Waals surface area contributed by atoms with E-state index in [0.717, 1.165) is 56.1 Å². The van der Waals surface area contributed by atoms with Crippen LogP contribution in [0.1, 0.15) is 78.6 Å². The molecule has 3 nitrogen and oxygen atoms in total. The van der Waals surface area contributed by atoms with E-state index in [2.05, 4.69) is 20.8 Å². The zero-order chi connectivity index (χ0) is 17.5. The van der Waals surface area contributed by atoms with Crippen LogP contribution in [0.4, 0.5) is 0 Å². The Morgan fingerprint density at radius 2 is 1.52 bits per heavy atom. The normalized spacial score (nSPS) is 57.1. The molecule has 0 aromatic carbocycles. The van der Waals surface area contributed by atoms with E-state index < -0.39 is 5.60 Å². The fraction of sp³-hybridized carbons (Fsp3) is 1.00. The Labute approximate surface area is 152 Å². The van der Waals surface area contributed by atoms with Crippen LogP contribution >= 0.6 is 0 Å². The summed E-state index contributed by atoms with van der Waals surface area (Å²) in [5.41, 5.74) is 0.233. The number of aliphatic hydroxyl groups is 1. The first-order valence-electron chi connectivity index (χ1n) is 10.8. The Hall–Kier alpha value is -0.120. The summed E-state index contributed by atoms with van der Waals surface area (Å²) in [5, 5.41) is 10.6. The molecule has 7 atom stereocenters. The minimum Gasteiger partial charge on any atom is -0.390 e. The van der Waals surface area contributed by atoms with Crippen molar-refractivity contribution < 1.29 is 14.6 Å². The zero-order valence-corrected chi connectivity index (χ0v) is 16.4. The molecule has 5 rings (SSSR count). The van der Waals surface area contributed by atoms with Gasteiger partial charge in [0.2, 0.25) is 0 Å². The van der Waals surface area contributed by atoms with Gasteiger partial charge in [0.15, 0.2) is 5.79 Å². The van der Waals surface area contributed by atoms with Gasteiger partial charge in [-0.25, -0.2) is 0 Å². The van der Waals surface area contributed by atoms with E-state index in [1.165, 1.54) is 38.5 Å². The number of ether oxygens (including phenoxy) is 2. The largest absolute Gasteiger partial charge is 0.390 e. The fourth-order valence-corrected chi connectivity index (χ4v) is 8.32. The molecule has 1 spiro atoms. The maximum absolute atomic E-state index is 10.6. The Bertz CT molecular complexity index is 551. The molecule has 1 heterocycles. The Morgan fingerprint density at radius 1 is 0.800 bits per heavy atom. The average Bonchev–Trinajstić information content (AvgIpc) is 3.15. The molecule has 4 saturated carbocycles. The predicted octanol–water partition coefficient (Wildman–Crippen LogP) is 4.52. The molecule has 5 fully saturated rings. The van der Waals surface area contributed by atoms with Crippen LogP contribution in [0, 0.1) is 34.5 Å². The van der Waals surface area contributed by atoms with Crippen LogP contribution in [-0.2, 0) is 9.47 Å². The molecule has 0 aromatic heterocycles. The monoisotopic (exact) mass is 348 g/mol. The first kappa shape index (κ1) is 17.0. The summed E-state index contributed by atoms with van der Waals surface area (Å²) in [7, 11) is 0. The van der Waals surface area contributed by atoms with Crippen molar-refractivity contribution in [2.24, 2.45) is 34.5 Å². The summed E-state index contributed by atoms with van der Waals surface area (Å²) in [6, 6.07) is 0. The molecule has 25 heavy (non-hydrogen) atoms. The lowest BCUT2D eigenvalue weighted by atomic mass is 9.44. The second-order valence-electron chi connectivity index (χ2n) is 10.8. The molecule has 0 aromatic rings. The highest BCUT2D eigenvalue weighted by molar-refractivity contribution is 5.13. The van der Waals surface area contributed by atoms with E-state index in [1.54, 1.807) is 0 Å². The van der Waals surface area contributed by atoms with Gasteiger partial charge in [0.05, 0.1) is 18.8 Å². The third-order valence-corrected chi connectivity index (χ3v) is 9.75. The lowest BCUT2D eigenvalue weighted by Gasteiger charge is -2.62. The van der Waals surface area contributed by atoms with Crippen LogP contribution in [0.5, 0.6) is 0 Å². The second kappa shape index (κ2) is 5.23. The SMILES string of the molecule is C[C@]1(O)CC[C@@]2(C)[C@@H](CC[C@@H]3[C@@H]2CC[C@@]2(C)[C@H]3CCC23OCCO3)C1. The Morgan fingerprint density at radius 3 is 2.28 bits per heavy atom. The standard InChI is InChI=1S/C22H36O3/c1-19(23)10-11-20(2)15(14-19)4-5-16-17(20)6-8-21(3)18(16)7-9-22(21)24-12-13-25-22/h15-18,23H,4-14H2,1-3H3/t15-,16+,17-,18-,19-,20-,21-/m0/s1. The summed E-state index contributed by atoms with van der Waals surface area (Å²) >= 11 is 0. The highest BCUT2D eigenvalue weighted by Crippen LogP contribution is 2.69. The van der Waals surface area contributed by atoms with E-state index in [4.69, 9.17) is 9.47 Å². The van der Waals surface area contributed by atoms with Gasteiger partial charge in [-0.2, -0.15) is 0 Å². The minimum atomic E-state index is -0.427. The van der Waals surface area contributed by atoms with Crippen molar-refractivity contribution in [3.8, 4) is 0 Å². The van der Waals surface area contributed by atoms with Gasteiger partial charge in [-0.3, -0.25) is 0 Å². The van der Waals surface area contributed by atoms with Gasteiger partial charge in [-0.05, 0) is 87.4 Å². The molecule has 0 unspecified atom stereocenters. The van der Waals surface area contributed by atoms with Gasteiger partial charge in [-0.1, -0.05) is 13.8 Å². The summed E-state index contributed by atoms with van der Waals surface area (Å²) in [5.74, 6) is 2.91. The molecule has 1 N–H and O–H groups in total. The van der Waals surface area contributed by atoms with Gasteiger partial charge in [0.25, 0.3) is 0 Å². The van der Waals surface area contributed by atoms with E-state index in [9.17, 15) is 5.11 Å². The van der Waals surface area contributed by atoms with Gasteiger partial charge in [0.1, 0.15) is 0 Å². The predicted molar refractivity (Wildman–Crippen MR) is 97.0 cm³/mol. The average molecular weight is 349 g/mol. The van der Waals surface area contributed by atoms with Crippen molar-refractivity contribution >= 4 is 0 Å². The van der Waals surface area contributed by atoms with E-state index in [-0.39, 0.29) is 11.2 Å². The lowest BCUT2D eigenvalue weighted by molar-refractivity contribution is -0.248. The van der Waals surface area contributed by atoms with Crippen LogP contribution in [0.3, 0.4) is 0 Å². The molecule has 4 aliphatic carbocycles. The Balaban J connectivity index is 1.44. The Kier molecular flexibility index (Phi) is 3.56. The van der Waals surface area contributed by atoms with E-state index >= 15 is 0 Å². The van der Waals surface area contributed by atoms with Gasteiger partial charge in [-0.15, -0.1) is 0 Å². The fourth-order valence-electron chi connectivity index (χ4n) is 8.32. The molecule has 142 valence electrons. The summed E-state index contributed by atoms with van der Waals surface area (Å²) in [4.78, 5) is 0. The molecular formula is C22H36O3. The summed E-state index contributed by atoms with van der Waals surface area (Å²) in [6.45, 7) is 8.68. The molecule has 0 radical (unpaired) electrons. The van der Waals surface area contributed by atoms with Crippen LogP contribution in [0.25, 0.3) is 0 Å². The quantitative estimate of drug-likeness (QED) is 0.699. The van der Waals surface area contributed by atoms with E-state index in [1.807, 2.05) is 0 Å². The van der Waals surface area contributed by atoms with Crippen LogP contribution < -0.4 is 0 Å². The van der Waals surface area contributed by atoms with Crippen molar-refractivity contribution in [1.82, 2.24) is 0 Å². The van der Waals surface area contributed by atoms with Gasteiger partial charge < -0.3 is 14.6 Å². The number of hydrogen-bond acceptors (Lipinski definition) is 3. The van der Waals surface area contributed by atoms with Crippen molar-refractivity contribution in [3.05, 3.63) is 0 Å². The molecule has 5 aliphatic rings. The van der Waals surface area contributed by atoms with Crippen LogP contribution in [0.2, 0.25) is 0 Å². The van der Waals surface area contributed by atoms with Crippen LogP contribution in [0.15, 0.2) is 0 Å². The topological polar surface area (TPSA) is 38.7 Å². The molecular weight excluding hydrogens is 312 g/mol. The van der Waals surface area contributed by atoms with Gasteiger partial charge >= 0.3 is 0 Å². The summed E-state index contributed by atoms with van der Waals surface area (Å²) < 4.78 is 12.5. The molecule has 1 aliphatic heterocycles. The highest BCUT2D eigenvalue weighted by Gasteiger charge is 2.67. The number of hydrogen-bond donors (Lipinski definition) is 1. The van der Waals surface area contributed by atoms with Crippen molar-refractivity contribution in [3.63, 3.8) is 0 Å². The third-order valence-electron chi connectivity index (χ3n) is 9.75. The second-order valence-corrected chi connectivity index (χ2v) is 10.8. The van der Waals surface area contributed by atoms with Crippen LogP contribution in [-0.4, -0.2) is 29.7 Å². The first-order chi connectivity index (χ1) is 11.8. The van der Waals surface area contributed by atoms with E-state index in [0.29, 0.717) is 5.41 Å². The molecule has 3 heteroatoms. The lowest BCUT2D eigenvalue weighted by Crippen LogP contribution is -2.58. The maximum Gasteiger partial charge on any atom is 0.174 e. The smallest absolute Gasteiger partial charge is 0.174 e. The maximum atomic E-state index is 10.6. The highest BCUT2D eigenvalue weighted by atomic mass is 16.7. The van der Waals surface area contributed by atoms with Crippen molar-refractivity contribution in [1.29, 1.82) is 0 Å². The molecule has 0 amide bonds. The minimum absolute atomic E-state index is 0.216. The first-order valence-corrected chi connectivity index (χ1v) is 10.8. The number of rotatable bonds is 0. The third kappa shape index (κ3) is 2.15.